The van der Waals surface area contributed by atoms with Gasteiger partial charge in [0.2, 0.25) is 0 Å². The predicted molar refractivity (Wildman–Crippen MR) is 43.9 cm³/mol. The average molecular weight is 160 g/mol. The van der Waals surface area contributed by atoms with Crippen LogP contribution >= 0.6 is 11.8 Å². The molecule has 3 nitrogen and oxygen atoms in total. The van der Waals surface area contributed by atoms with Gasteiger partial charge in [-0.3, -0.25) is 5.01 Å². The third-order valence-electron chi connectivity index (χ3n) is 1.77. The first-order chi connectivity index (χ1) is 4.88. The van der Waals surface area contributed by atoms with E-state index in [1.807, 2.05) is 11.8 Å². The quantitative estimate of drug-likeness (QED) is 0.574. The molecule has 1 aliphatic heterocycles. The molecule has 0 saturated carbocycles. The Kier molecular flexibility index (Phi) is 2.99. The van der Waals surface area contributed by atoms with Crippen molar-refractivity contribution in [3.8, 4) is 0 Å². The standard InChI is InChI=1S/C6H12N2OS/c1-2-6-5-10-4-3-8(6)7-9/h6H,2-5H2,1H3. The van der Waals surface area contributed by atoms with Crippen LogP contribution in [-0.4, -0.2) is 29.1 Å². The molecular formula is C6H12N2OS. The highest BCUT2D eigenvalue weighted by atomic mass is 32.2. The molecule has 0 amide bonds. The van der Waals surface area contributed by atoms with E-state index in [1.54, 1.807) is 5.01 Å². The lowest BCUT2D eigenvalue weighted by molar-refractivity contribution is 0.220. The molecule has 0 aliphatic carbocycles. The molecule has 0 radical (unpaired) electrons. The van der Waals surface area contributed by atoms with Crippen molar-refractivity contribution in [3.05, 3.63) is 4.91 Å². The summed E-state index contributed by atoms with van der Waals surface area (Å²) in [6.07, 6.45) is 1.03. The number of hydrogen-bond donors (Lipinski definition) is 0. The summed E-state index contributed by atoms with van der Waals surface area (Å²) in [5, 5.41) is 4.63. The first kappa shape index (κ1) is 7.85. The van der Waals surface area contributed by atoms with Gasteiger partial charge in [0.1, 0.15) is 0 Å². The van der Waals surface area contributed by atoms with Crippen molar-refractivity contribution >= 4 is 11.8 Å². The van der Waals surface area contributed by atoms with Crippen molar-refractivity contribution in [1.82, 2.24) is 5.01 Å². The summed E-state index contributed by atoms with van der Waals surface area (Å²) >= 11 is 1.91. The van der Waals surface area contributed by atoms with Crippen LogP contribution in [0.25, 0.3) is 0 Å². The minimum atomic E-state index is 0.385. The van der Waals surface area contributed by atoms with Crippen LogP contribution in [0.3, 0.4) is 0 Å². The van der Waals surface area contributed by atoms with Crippen molar-refractivity contribution < 1.29 is 0 Å². The van der Waals surface area contributed by atoms with Gasteiger partial charge in [-0.05, 0) is 6.42 Å². The first-order valence-electron chi connectivity index (χ1n) is 3.56. The van der Waals surface area contributed by atoms with Crippen LogP contribution in [0.4, 0.5) is 0 Å². The van der Waals surface area contributed by atoms with Gasteiger partial charge < -0.3 is 0 Å². The lowest BCUT2D eigenvalue weighted by atomic mass is 10.2. The van der Waals surface area contributed by atoms with E-state index in [-0.39, 0.29) is 0 Å². The maximum absolute atomic E-state index is 10.2. The normalized spacial score (nSPS) is 26.5. The fourth-order valence-corrected chi connectivity index (χ4v) is 2.24. The van der Waals surface area contributed by atoms with Gasteiger partial charge >= 0.3 is 0 Å². The Morgan fingerprint density at radius 2 is 2.60 bits per heavy atom. The van der Waals surface area contributed by atoms with Gasteiger partial charge in [0.25, 0.3) is 0 Å². The second kappa shape index (κ2) is 3.81. The van der Waals surface area contributed by atoms with E-state index in [4.69, 9.17) is 0 Å². The molecule has 1 rings (SSSR count). The largest absolute Gasteiger partial charge is 0.256 e. The topological polar surface area (TPSA) is 32.7 Å². The Bertz CT molecular complexity index is 120. The lowest BCUT2D eigenvalue weighted by Crippen LogP contribution is -2.37. The van der Waals surface area contributed by atoms with Crippen LogP contribution in [0, 0.1) is 4.91 Å². The summed E-state index contributed by atoms with van der Waals surface area (Å²) in [4.78, 5) is 10.2. The Hall–Kier alpha value is -0.250. The van der Waals surface area contributed by atoms with Crippen LogP contribution in [0.5, 0.6) is 0 Å². The van der Waals surface area contributed by atoms with Crippen molar-refractivity contribution in [2.75, 3.05) is 18.1 Å². The molecule has 1 unspecified atom stereocenters. The highest BCUT2D eigenvalue weighted by Gasteiger charge is 2.19. The number of nitrogens with zero attached hydrogens (tertiary/aromatic N) is 2. The van der Waals surface area contributed by atoms with Crippen molar-refractivity contribution in [3.63, 3.8) is 0 Å². The highest BCUT2D eigenvalue weighted by Crippen LogP contribution is 2.18. The molecule has 10 heavy (non-hydrogen) atoms. The Balaban J connectivity index is 2.41. The molecular weight excluding hydrogens is 148 g/mol. The van der Waals surface area contributed by atoms with E-state index in [9.17, 15) is 4.91 Å². The average Bonchev–Trinajstić information content (AvgIpc) is 2.04. The molecule has 0 aromatic heterocycles. The zero-order chi connectivity index (χ0) is 7.40. The van der Waals surface area contributed by atoms with E-state index in [0.29, 0.717) is 6.04 Å². The second-order valence-electron chi connectivity index (χ2n) is 2.38. The molecule has 0 aromatic rings. The maximum atomic E-state index is 10.2. The summed E-state index contributed by atoms with van der Waals surface area (Å²) < 4.78 is 0. The fraction of sp³-hybridized carbons (Fsp3) is 1.00. The zero-order valence-corrected chi connectivity index (χ0v) is 6.93. The smallest absolute Gasteiger partial charge is 0.0590 e. The monoisotopic (exact) mass is 160 g/mol. The minimum Gasteiger partial charge on any atom is -0.256 e. The Labute approximate surface area is 65.1 Å². The van der Waals surface area contributed by atoms with E-state index in [2.05, 4.69) is 12.2 Å². The molecule has 4 heteroatoms. The number of thioether (sulfide) groups is 1. The summed E-state index contributed by atoms with van der Waals surface area (Å²) in [6, 6.07) is 0.385. The van der Waals surface area contributed by atoms with E-state index in [0.717, 1.165) is 24.5 Å². The summed E-state index contributed by atoms with van der Waals surface area (Å²) in [7, 11) is 0. The van der Waals surface area contributed by atoms with Crippen LogP contribution in [0.15, 0.2) is 5.29 Å². The van der Waals surface area contributed by atoms with Crippen LogP contribution < -0.4 is 0 Å². The zero-order valence-electron chi connectivity index (χ0n) is 6.12. The Morgan fingerprint density at radius 3 is 3.10 bits per heavy atom. The molecule has 0 aromatic carbocycles. The Morgan fingerprint density at radius 1 is 1.80 bits per heavy atom. The van der Waals surface area contributed by atoms with Crippen molar-refractivity contribution in [1.29, 1.82) is 0 Å². The number of hydrogen-bond acceptors (Lipinski definition) is 3. The van der Waals surface area contributed by atoms with Gasteiger partial charge in [-0.1, -0.05) is 6.92 Å². The van der Waals surface area contributed by atoms with E-state index < -0.39 is 0 Å². The molecule has 0 bridgehead atoms. The molecule has 1 heterocycles. The van der Waals surface area contributed by atoms with E-state index in [1.165, 1.54) is 0 Å². The maximum Gasteiger partial charge on any atom is 0.0590 e. The predicted octanol–water partition coefficient (Wildman–Crippen LogP) is 1.50. The molecule has 1 saturated heterocycles. The molecule has 1 fully saturated rings. The van der Waals surface area contributed by atoms with Crippen molar-refractivity contribution in [2.45, 2.75) is 19.4 Å². The van der Waals surface area contributed by atoms with Gasteiger partial charge in [0, 0.05) is 18.1 Å². The van der Waals surface area contributed by atoms with Crippen LogP contribution in [-0.2, 0) is 0 Å². The third-order valence-corrected chi connectivity index (χ3v) is 2.86. The number of nitroso groups, excluding NO2 is 1. The highest BCUT2D eigenvalue weighted by molar-refractivity contribution is 7.99. The minimum absolute atomic E-state index is 0.385. The van der Waals surface area contributed by atoms with Gasteiger partial charge in [-0.2, -0.15) is 11.8 Å². The van der Waals surface area contributed by atoms with Gasteiger partial charge in [-0.15, -0.1) is 4.91 Å². The summed E-state index contributed by atoms with van der Waals surface area (Å²) in [5.41, 5.74) is 0. The van der Waals surface area contributed by atoms with Crippen LogP contribution in [0.1, 0.15) is 13.3 Å². The van der Waals surface area contributed by atoms with Gasteiger partial charge in [-0.25, -0.2) is 0 Å². The number of rotatable bonds is 2. The molecule has 1 aliphatic rings. The first-order valence-corrected chi connectivity index (χ1v) is 4.71. The van der Waals surface area contributed by atoms with Gasteiger partial charge in [0.15, 0.2) is 0 Å². The second-order valence-corrected chi connectivity index (χ2v) is 3.53. The summed E-state index contributed by atoms with van der Waals surface area (Å²) in [6.45, 7) is 2.92. The van der Waals surface area contributed by atoms with Crippen LogP contribution in [0.2, 0.25) is 0 Å². The molecule has 1 atom stereocenters. The lowest BCUT2D eigenvalue weighted by Gasteiger charge is -2.29. The fourth-order valence-electron chi connectivity index (χ4n) is 1.08. The molecule has 0 N–H and O–H groups in total. The van der Waals surface area contributed by atoms with Gasteiger partial charge in [0.05, 0.1) is 11.3 Å². The molecule has 0 spiro atoms. The molecule has 58 valence electrons. The van der Waals surface area contributed by atoms with E-state index >= 15 is 0 Å². The van der Waals surface area contributed by atoms with Crippen molar-refractivity contribution in [2.24, 2.45) is 5.29 Å². The summed E-state index contributed by atoms with van der Waals surface area (Å²) in [5.74, 6) is 2.10. The third kappa shape index (κ3) is 1.62. The SMILES string of the molecule is CCC1CSCCN1N=O.